The zero-order chi connectivity index (χ0) is 16.7. The standard InChI is InChI=1S/C18H26N2O3/c1-3-6-17(21)20-11-9-14(10-12-20)18(22)19-16-8-5-4-7-15(16)13-23-2/h4-5,7-8,14H,3,6,9-13H2,1-2H3,(H,19,22). The minimum absolute atomic E-state index is 0.0312. The van der Waals surface area contributed by atoms with Crippen molar-refractivity contribution in [1.29, 1.82) is 0 Å². The van der Waals surface area contributed by atoms with Crippen LogP contribution in [0.1, 0.15) is 38.2 Å². The normalized spacial score (nSPS) is 15.5. The third-order valence-corrected chi connectivity index (χ3v) is 4.26. The molecular weight excluding hydrogens is 292 g/mol. The first kappa shape index (κ1) is 17.5. The molecule has 0 atom stereocenters. The molecule has 0 radical (unpaired) electrons. The molecule has 23 heavy (non-hydrogen) atoms. The zero-order valence-electron chi connectivity index (χ0n) is 14.0. The average Bonchev–Trinajstić information content (AvgIpc) is 2.57. The smallest absolute Gasteiger partial charge is 0.227 e. The number of nitrogens with one attached hydrogen (secondary N) is 1. The number of carbonyl (C=O) groups is 2. The van der Waals surface area contributed by atoms with Crippen LogP contribution in [0.15, 0.2) is 24.3 Å². The molecule has 0 saturated carbocycles. The number of nitrogens with zero attached hydrogens (tertiary/aromatic N) is 1. The summed E-state index contributed by atoms with van der Waals surface area (Å²) in [6.45, 7) is 3.84. The van der Waals surface area contributed by atoms with Gasteiger partial charge in [0.25, 0.3) is 0 Å². The fraction of sp³-hybridized carbons (Fsp3) is 0.556. The summed E-state index contributed by atoms with van der Waals surface area (Å²) in [5.74, 6) is 0.212. The van der Waals surface area contributed by atoms with Crippen molar-refractivity contribution in [2.45, 2.75) is 39.2 Å². The van der Waals surface area contributed by atoms with Gasteiger partial charge in [-0.3, -0.25) is 9.59 Å². The molecule has 0 spiro atoms. The van der Waals surface area contributed by atoms with Crippen molar-refractivity contribution in [2.24, 2.45) is 5.92 Å². The number of amides is 2. The van der Waals surface area contributed by atoms with E-state index in [9.17, 15) is 9.59 Å². The van der Waals surface area contributed by atoms with Crippen LogP contribution in [0.2, 0.25) is 0 Å². The van der Waals surface area contributed by atoms with Crippen LogP contribution in [0, 0.1) is 5.92 Å². The summed E-state index contributed by atoms with van der Waals surface area (Å²) in [7, 11) is 1.64. The second kappa shape index (κ2) is 8.67. The minimum Gasteiger partial charge on any atom is -0.380 e. The molecule has 1 N–H and O–H groups in total. The van der Waals surface area contributed by atoms with Crippen LogP contribution in [-0.4, -0.2) is 36.9 Å². The van der Waals surface area contributed by atoms with Gasteiger partial charge in [0, 0.05) is 43.8 Å². The molecule has 1 aromatic rings. The van der Waals surface area contributed by atoms with Crippen LogP contribution >= 0.6 is 0 Å². The number of benzene rings is 1. The summed E-state index contributed by atoms with van der Waals surface area (Å²) >= 11 is 0. The number of likely N-dealkylation sites (tertiary alicyclic amines) is 1. The van der Waals surface area contributed by atoms with Crippen molar-refractivity contribution in [3.63, 3.8) is 0 Å². The molecule has 0 aliphatic carbocycles. The largest absolute Gasteiger partial charge is 0.380 e. The zero-order valence-corrected chi connectivity index (χ0v) is 14.0. The van der Waals surface area contributed by atoms with Gasteiger partial charge < -0.3 is 15.0 Å². The third kappa shape index (κ3) is 4.79. The minimum atomic E-state index is -0.0312. The molecule has 1 saturated heterocycles. The van der Waals surface area contributed by atoms with Crippen LogP contribution < -0.4 is 5.32 Å². The van der Waals surface area contributed by atoms with E-state index < -0.39 is 0 Å². The lowest BCUT2D eigenvalue weighted by molar-refractivity contribution is -0.134. The van der Waals surface area contributed by atoms with Gasteiger partial charge in [-0.15, -0.1) is 0 Å². The maximum absolute atomic E-state index is 12.5. The van der Waals surface area contributed by atoms with Gasteiger partial charge in [0.1, 0.15) is 0 Å². The van der Waals surface area contributed by atoms with E-state index in [0.717, 1.165) is 30.5 Å². The molecule has 5 heteroatoms. The Labute approximate surface area is 138 Å². The van der Waals surface area contributed by atoms with E-state index in [1.54, 1.807) is 7.11 Å². The fourth-order valence-electron chi connectivity index (χ4n) is 2.92. The number of carbonyl (C=O) groups excluding carboxylic acids is 2. The van der Waals surface area contributed by atoms with E-state index in [4.69, 9.17) is 4.74 Å². The maximum Gasteiger partial charge on any atom is 0.227 e. The lowest BCUT2D eigenvalue weighted by Gasteiger charge is -2.31. The lowest BCUT2D eigenvalue weighted by Crippen LogP contribution is -2.41. The summed E-state index contributed by atoms with van der Waals surface area (Å²) in [6.07, 6.45) is 2.93. The first-order valence-electron chi connectivity index (χ1n) is 8.31. The summed E-state index contributed by atoms with van der Waals surface area (Å²) in [5, 5.41) is 3.01. The van der Waals surface area contributed by atoms with Gasteiger partial charge in [-0.1, -0.05) is 25.1 Å². The number of methoxy groups -OCH3 is 1. The van der Waals surface area contributed by atoms with Crippen LogP contribution in [0.3, 0.4) is 0 Å². The molecule has 1 aliphatic heterocycles. The Balaban J connectivity index is 1.89. The van der Waals surface area contributed by atoms with Gasteiger partial charge in [-0.05, 0) is 25.3 Å². The summed E-state index contributed by atoms with van der Waals surface area (Å²) in [5.41, 5.74) is 1.78. The fourth-order valence-corrected chi connectivity index (χ4v) is 2.92. The SMILES string of the molecule is CCCC(=O)N1CCC(C(=O)Nc2ccccc2COC)CC1. The maximum atomic E-state index is 12.5. The predicted molar refractivity (Wildman–Crippen MR) is 90.0 cm³/mol. The van der Waals surface area contributed by atoms with Crippen LogP contribution in [-0.2, 0) is 20.9 Å². The number of hydrogen-bond acceptors (Lipinski definition) is 3. The Morgan fingerprint density at radius 1 is 1.26 bits per heavy atom. The van der Waals surface area contributed by atoms with E-state index in [1.165, 1.54) is 0 Å². The van der Waals surface area contributed by atoms with Gasteiger partial charge >= 0.3 is 0 Å². The number of piperidine rings is 1. The highest BCUT2D eigenvalue weighted by Crippen LogP contribution is 2.22. The number of anilines is 1. The number of rotatable bonds is 6. The molecule has 2 rings (SSSR count). The monoisotopic (exact) mass is 318 g/mol. The molecule has 0 bridgehead atoms. The highest BCUT2D eigenvalue weighted by Gasteiger charge is 2.27. The Hall–Kier alpha value is -1.88. The molecule has 5 nitrogen and oxygen atoms in total. The molecule has 2 amide bonds. The predicted octanol–water partition coefficient (Wildman–Crippen LogP) is 2.81. The Bertz CT molecular complexity index is 537. The second-order valence-electron chi connectivity index (χ2n) is 5.98. The molecule has 1 aromatic carbocycles. The first-order valence-corrected chi connectivity index (χ1v) is 8.31. The molecule has 1 fully saturated rings. The van der Waals surface area contributed by atoms with Gasteiger partial charge in [-0.25, -0.2) is 0 Å². The molecule has 0 aromatic heterocycles. The van der Waals surface area contributed by atoms with Gasteiger partial charge in [0.15, 0.2) is 0 Å². The van der Waals surface area contributed by atoms with Crippen molar-refractivity contribution in [1.82, 2.24) is 4.90 Å². The Morgan fingerprint density at radius 3 is 2.61 bits per heavy atom. The molecule has 126 valence electrons. The highest BCUT2D eigenvalue weighted by molar-refractivity contribution is 5.93. The molecule has 1 heterocycles. The van der Waals surface area contributed by atoms with E-state index >= 15 is 0 Å². The van der Waals surface area contributed by atoms with Gasteiger partial charge in [0.2, 0.25) is 11.8 Å². The molecule has 0 unspecified atom stereocenters. The van der Waals surface area contributed by atoms with Gasteiger partial charge in [-0.2, -0.15) is 0 Å². The van der Waals surface area contributed by atoms with Crippen molar-refractivity contribution in [3.05, 3.63) is 29.8 Å². The average molecular weight is 318 g/mol. The molecular formula is C18H26N2O3. The summed E-state index contributed by atoms with van der Waals surface area (Å²) in [4.78, 5) is 26.2. The second-order valence-corrected chi connectivity index (χ2v) is 5.98. The van der Waals surface area contributed by atoms with E-state index in [0.29, 0.717) is 26.1 Å². The number of ether oxygens (including phenoxy) is 1. The quantitative estimate of drug-likeness (QED) is 0.877. The number of hydrogen-bond donors (Lipinski definition) is 1. The van der Waals surface area contributed by atoms with Crippen molar-refractivity contribution >= 4 is 17.5 Å². The first-order chi connectivity index (χ1) is 11.2. The van der Waals surface area contributed by atoms with Crippen LogP contribution in [0.4, 0.5) is 5.69 Å². The van der Waals surface area contributed by atoms with Crippen molar-refractivity contribution < 1.29 is 14.3 Å². The van der Waals surface area contributed by atoms with E-state index in [2.05, 4.69) is 5.32 Å². The Morgan fingerprint density at radius 2 is 1.96 bits per heavy atom. The van der Waals surface area contributed by atoms with Crippen molar-refractivity contribution in [2.75, 3.05) is 25.5 Å². The molecule has 1 aliphatic rings. The van der Waals surface area contributed by atoms with E-state index in [1.807, 2.05) is 36.1 Å². The van der Waals surface area contributed by atoms with Crippen molar-refractivity contribution in [3.8, 4) is 0 Å². The Kier molecular flexibility index (Phi) is 6.59. The lowest BCUT2D eigenvalue weighted by atomic mass is 9.95. The topological polar surface area (TPSA) is 58.6 Å². The summed E-state index contributed by atoms with van der Waals surface area (Å²) < 4.78 is 5.16. The summed E-state index contributed by atoms with van der Waals surface area (Å²) in [6, 6.07) is 7.68. The van der Waals surface area contributed by atoms with Gasteiger partial charge in [0.05, 0.1) is 6.61 Å². The number of para-hydroxylation sites is 1. The van der Waals surface area contributed by atoms with E-state index in [-0.39, 0.29) is 17.7 Å². The van der Waals surface area contributed by atoms with Crippen LogP contribution in [0.5, 0.6) is 0 Å². The third-order valence-electron chi connectivity index (χ3n) is 4.26. The van der Waals surface area contributed by atoms with Crippen LogP contribution in [0.25, 0.3) is 0 Å². The highest BCUT2D eigenvalue weighted by atomic mass is 16.5.